The molecule has 1 N–H and O–H groups in total. The zero-order valence-electron chi connectivity index (χ0n) is 21.5. The van der Waals surface area contributed by atoms with Crippen LogP contribution in [-0.2, 0) is 28.2 Å². The van der Waals surface area contributed by atoms with Crippen molar-refractivity contribution in [3.63, 3.8) is 0 Å². The van der Waals surface area contributed by atoms with Crippen LogP contribution in [0.25, 0.3) is 22.6 Å². The van der Waals surface area contributed by atoms with Gasteiger partial charge in [-0.05, 0) is 13.0 Å². The van der Waals surface area contributed by atoms with Crippen molar-refractivity contribution in [2.45, 2.75) is 44.6 Å². The number of nitrogens with zero attached hydrogens (tertiary/aromatic N) is 5. The third kappa shape index (κ3) is 5.15. The van der Waals surface area contributed by atoms with Gasteiger partial charge in [0.15, 0.2) is 11.5 Å². The molecule has 0 saturated carbocycles. The third-order valence-corrected chi connectivity index (χ3v) is 7.11. The number of rotatable bonds is 7. The number of aromatic nitrogens is 3. The van der Waals surface area contributed by atoms with E-state index in [0.717, 1.165) is 0 Å². The number of imidazole rings is 1. The SMILES string of the molecule is CCOC(=O)c1nc(-c2cccc(-c3cc([C@]4(O)CCN(C)C4=O)on3)c2)n2c1CN(CCC(F)(F)F)CC2. The number of aliphatic hydroxyl groups is 1. The lowest BCUT2D eigenvalue weighted by atomic mass is 9.98. The van der Waals surface area contributed by atoms with Gasteiger partial charge in [-0.1, -0.05) is 23.4 Å². The van der Waals surface area contributed by atoms with Crippen molar-refractivity contribution in [3.05, 3.63) is 47.5 Å². The molecule has 10 nitrogen and oxygen atoms in total. The van der Waals surface area contributed by atoms with Crippen molar-refractivity contribution in [1.82, 2.24) is 24.5 Å². The fourth-order valence-corrected chi connectivity index (χ4v) is 4.98. The van der Waals surface area contributed by atoms with Crippen LogP contribution >= 0.6 is 0 Å². The molecule has 0 aliphatic carbocycles. The summed E-state index contributed by atoms with van der Waals surface area (Å²) < 4.78 is 50.8. The maximum Gasteiger partial charge on any atom is 0.390 e. The minimum atomic E-state index is -4.27. The molecule has 13 heteroatoms. The average Bonchev–Trinajstić information content (AvgIpc) is 3.61. The summed E-state index contributed by atoms with van der Waals surface area (Å²) in [5.41, 5.74) is 0.472. The minimum Gasteiger partial charge on any atom is -0.461 e. The van der Waals surface area contributed by atoms with Crippen LogP contribution in [0.4, 0.5) is 13.2 Å². The Morgan fingerprint density at radius 1 is 1.21 bits per heavy atom. The van der Waals surface area contributed by atoms with Crippen molar-refractivity contribution < 1.29 is 37.1 Å². The number of amides is 1. The van der Waals surface area contributed by atoms with Crippen LogP contribution in [0.3, 0.4) is 0 Å². The minimum absolute atomic E-state index is 0.0546. The van der Waals surface area contributed by atoms with Gasteiger partial charge in [0.05, 0.1) is 18.7 Å². The molecule has 1 saturated heterocycles. The van der Waals surface area contributed by atoms with E-state index in [0.29, 0.717) is 48.0 Å². The number of benzene rings is 1. The topological polar surface area (TPSA) is 114 Å². The third-order valence-electron chi connectivity index (χ3n) is 7.11. The lowest BCUT2D eigenvalue weighted by Gasteiger charge is -2.29. The maximum atomic E-state index is 12.8. The van der Waals surface area contributed by atoms with Crippen LogP contribution in [0.5, 0.6) is 0 Å². The van der Waals surface area contributed by atoms with E-state index < -0.39 is 30.1 Å². The standard InChI is InChI=1S/C26H28F3N5O5/c1-3-38-23(35)21-19-15-33(10-8-26(27,28)29)11-12-34(19)22(30-21)17-6-4-5-16(13-17)18-14-20(39-31-18)25(37)7-9-32(2)24(25)36/h4-6,13-14,37H,3,7-12,15H2,1-2H3/t25-/m1/s1. The Kier molecular flexibility index (Phi) is 6.97. The molecule has 1 fully saturated rings. The molecule has 5 rings (SSSR count). The first-order chi connectivity index (χ1) is 18.5. The maximum absolute atomic E-state index is 12.8. The Morgan fingerprint density at radius 3 is 2.67 bits per heavy atom. The number of halogens is 3. The molecule has 1 amide bonds. The second kappa shape index (κ2) is 10.1. The molecule has 2 aliphatic heterocycles. The van der Waals surface area contributed by atoms with E-state index in [-0.39, 0.29) is 37.6 Å². The summed E-state index contributed by atoms with van der Waals surface area (Å²) in [5.74, 6) is -0.569. The normalized spacial score (nSPS) is 19.9. The Labute approximate surface area is 221 Å². The Bertz CT molecular complexity index is 1400. The van der Waals surface area contributed by atoms with Gasteiger partial charge in [0.2, 0.25) is 5.60 Å². The summed E-state index contributed by atoms with van der Waals surface area (Å²) in [4.78, 5) is 32.8. The quantitative estimate of drug-likeness (QED) is 0.449. The molecular formula is C26H28F3N5O5. The largest absolute Gasteiger partial charge is 0.461 e. The molecule has 2 aliphatic rings. The van der Waals surface area contributed by atoms with Gasteiger partial charge in [0.1, 0.15) is 11.5 Å². The molecule has 0 unspecified atom stereocenters. The van der Waals surface area contributed by atoms with Gasteiger partial charge in [0, 0.05) is 63.4 Å². The lowest BCUT2D eigenvalue weighted by Crippen LogP contribution is -2.36. The summed E-state index contributed by atoms with van der Waals surface area (Å²) in [7, 11) is 1.60. The number of carbonyl (C=O) groups is 2. The second-order valence-electron chi connectivity index (χ2n) is 9.74. The highest BCUT2D eigenvalue weighted by Crippen LogP contribution is 2.36. The van der Waals surface area contributed by atoms with Gasteiger partial charge >= 0.3 is 12.1 Å². The molecule has 0 bridgehead atoms. The Balaban J connectivity index is 1.46. The van der Waals surface area contributed by atoms with Crippen molar-refractivity contribution >= 4 is 11.9 Å². The van der Waals surface area contributed by atoms with Crippen molar-refractivity contribution in [1.29, 1.82) is 0 Å². The van der Waals surface area contributed by atoms with Crippen LogP contribution in [0.1, 0.15) is 41.7 Å². The zero-order chi connectivity index (χ0) is 27.9. The summed E-state index contributed by atoms with van der Waals surface area (Å²) in [5, 5.41) is 14.9. The molecule has 2 aromatic heterocycles. The van der Waals surface area contributed by atoms with E-state index >= 15 is 0 Å². The summed E-state index contributed by atoms with van der Waals surface area (Å²) in [6, 6.07) is 8.66. The molecule has 0 radical (unpaired) electrons. The van der Waals surface area contributed by atoms with E-state index in [4.69, 9.17) is 9.26 Å². The fourth-order valence-electron chi connectivity index (χ4n) is 4.98. The van der Waals surface area contributed by atoms with E-state index in [2.05, 4.69) is 10.1 Å². The first-order valence-electron chi connectivity index (χ1n) is 12.6. The molecule has 39 heavy (non-hydrogen) atoms. The summed E-state index contributed by atoms with van der Waals surface area (Å²) in [6.07, 6.45) is -5.03. The number of likely N-dealkylation sites (N-methyl/N-ethyl adjacent to an activating group) is 1. The molecule has 1 atom stereocenters. The Morgan fingerprint density at radius 2 is 1.97 bits per heavy atom. The summed E-state index contributed by atoms with van der Waals surface area (Å²) >= 11 is 0. The molecule has 0 spiro atoms. The van der Waals surface area contributed by atoms with E-state index in [1.807, 2.05) is 4.57 Å². The number of esters is 1. The van der Waals surface area contributed by atoms with E-state index in [9.17, 15) is 27.9 Å². The lowest BCUT2D eigenvalue weighted by molar-refractivity contribution is -0.144. The van der Waals surface area contributed by atoms with Gasteiger partial charge in [-0.25, -0.2) is 9.78 Å². The highest BCUT2D eigenvalue weighted by Gasteiger charge is 2.48. The van der Waals surface area contributed by atoms with Crippen LogP contribution in [-0.4, -0.2) is 81.0 Å². The first kappa shape index (κ1) is 26.9. The van der Waals surface area contributed by atoms with Crippen LogP contribution in [0, 0.1) is 0 Å². The van der Waals surface area contributed by atoms with E-state index in [1.54, 1.807) is 43.1 Å². The average molecular weight is 548 g/mol. The number of likely N-dealkylation sites (tertiary alicyclic amines) is 1. The number of carbonyl (C=O) groups excluding carboxylic acids is 2. The molecule has 208 valence electrons. The Hall–Kier alpha value is -3.71. The van der Waals surface area contributed by atoms with Gasteiger partial charge in [-0.15, -0.1) is 0 Å². The predicted octanol–water partition coefficient (Wildman–Crippen LogP) is 3.20. The van der Waals surface area contributed by atoms with Crippen molar-refractivity contribution in [2.24, 2.45) is 0 Å². The zero-order valence-corrected chi connectivity index (χ0v) is 21.5. The van der Waals surface area contributed by atoms with Crippen molar-refractivity contribution in [3.8, 4) is 22.6 Å². The number of hydrogen-bond acceptors (Lipinski definition) is 8. The predicted molar refractivity (Wildman–Crippen MR) is 131 cm³/mol. The molecule has 3 aromatic rings. The fraction of sp³-hybridized carbons (Fsp3) is 0.462. The monoisotopic (exact) mass is 547 g/mol. The molecule has 4 heterocycles. The number of fused-ring (bicyclic) bond motifs is 1. The van der Waals surface area contributed by atoms with Gasteiger partial charge in [-0.2, -0.15) is 13.2 Å². The van der Waals surface area contributed by atoms with Crippen molar-refractivity contribution in [2.75, 3.05) is 33.3 Å². The second-order valence-corrected chi connectivity index (χ2v) is 9.74. The molecule has 1 aromatic carbocycles. The van der Waals surface area contributed by atoms with E-state index in [1.165, 1.54) is 11.0 Å². The van der Waals surface area contributed by atoms with Gasteiger partial charge in [0.25, 0.3) is 5.91 Å². The highest BCUT2D eigenvalue weighted by molar-refractivity contribution is 5.90. The van der Waals surface area contributed by atoms with Crippen LogP contribution < -0.4 is 0 Å². The smallest absolute Gasteiger partial charge is 0.390 e. The highest BCUT2D eigenvalue weighted by atomic mass is 19.4. The molecular weight excluding hydrogens is 519 g/mol. The van der Waals surface area contributed by atoms with Gasteiger partial charge in [-0.3, -0.25) is 9.69 Å². The van der Waals surface area contributed by atoms with Crippen LogP contribution in [0.2, 0.25) is 0 Å². The number of alkyl halides is 3. The summed E-state index contributed by atoms with van der Waals surface area (Å²) in [6.45, 7) is 2.85. The van der Waals surface area contributed by atoms with Gasteiger partial charge < -0.3 is 23.8 Å². The van der Waals surface area contributed by atoms with Crippen LogP contribution in [0.15, 0.2) is 34.9 Å². The first-order valence-corrected chi connectivity index (χ1v) is 12.6. The number of hydrogen-bond donors (Lipinski definition) is 1. The number of ether oxygens (including phenoxy) is 1.